The van der Waals surface area contributed by atoms with E-state index in [-0.39, 0.29) is 17.5 Å². The van der Waals surface area contributed by atoms with Crippen molar-refractivity contribution in [2.24, 2.45) is 0 Å². The highest BCUT2D eigenvalue weighted by Crippen LogP contribution is 2.28. The van der Waals surface area contributed by atoms with Crippen molar-refractivity contribution in [2.75, 3.05) is 19.0 Å². The van der Waals surface area contributed by atoms with Crippen molar-refractivity contribution < 1.29 is 9.53 Å². The zero-order chi connectivity index (χ0) is 22.7. The summed E-state index contributed by atoms with van der Waals surface area (Å²) in [5, 5.41) is 5.65. The fourth-order valence-electron chi connectivity index (χ4n) is 3.69. The van der Waals surface area contributed by atoms with E-state index < -0.39 is 5.25 Å². The van der Waals surface area contributed by atoms with E-state index in [0.29, 0.717) is 22.7 Å². The number of ether oxygens (including phenoxy) is 1. The number of para-hydroxylation sites is 1. The van der Waals surface area contributed by atoms with Gasteiger partial charge in [-0.3, -0.25) is 14.2 Å². The number of nitrogens with zero attached hydrogens (tertiary/aromatic N) is 2. The minimum atomic E-state index is -0.469. The zero-order valence-electron chi connectivity index (χ0n) is 18.2. The molecule has 0 aliphatic rings. The van der Waals surface area contributed by atoms with E-state index in [4.69, 9.17) is 9.72 Å². The quantitative estimate of drug-likeness (QED) is 0.323. The summed E-state index contributed by atoms with van der Waals surface area (Å²) in [6.45, 7) is 4.09. The maximum Gasteiger partial charge on any atom is 0.262 e. The Labute approximate surface area is 190 Å². The van der Waals surface area contributed by atoms with Crippen LogP contribution in [0.4, 0.5) is 5.69 Å². The molecule has 0 bridgehead atoms. The minimum Gasteiger partial charge on any atom is -0.383 e. The molecule has 4 aromatic rings. The molecule has 2 atom stereocenters. The van der Waals surface area contributed by atoms with Crippen LogP contribution in [0.2, 0.25) is 0 Å². The molecule has 0 radical (unpaired) electrons. The van der Waals surface area contributed by atoms with Gasteiger partial charge in [0.2, 0.25) is 5.91 Å². The van der Waals surface area contributed by atoms with Gasteiger partial charge in [-0.05, 0) is 37.4 Å². The average Bonchev–Trinajstić information content (AvgIpc) is 2.79. The van der Waals surface area contributed by atoms with Gasteiger partial charge in [0.1, 0.15) is 0 Å². The van der Waals surface area contributed by atoms with Crippen LogP contribution in [0, 0.1) is 0 Å². The summed E-state index contributed by atoms with van der Waals surface area (Å²) in [6, 6.07) is 20.8. The largest absolute Gasteiger partial charge is 0.383 e. The van der Waals surface area contributed by atoms with Gasteiger partial charge in [0.25, 0.3) is 5.56 Å². The summed E-state index contributed by atoms with van der Waals surface area (Å²) in [5.74, 6) is -0.153. The molecular formula is C25H25N3O3S. The lowest BCUT2D eigenvalue weighted by molar-refractivity contribution is -0.115. The Bertz CT molecular complexity index is 1330. The maximum atomic E-state index is 13.2. The molecule has 32 heavy (non-hydrogen) atoms. The number of hydrogen-bond acceptors (Lipinski definition) is 5. The third-order valence-corrected chi connectivity index (χ3v) is 6.39. The minimum absolute atomic E-state index is 0.135. The highest BCUT2D eigenvalue weighted by molar-refractivity contribution is 8.00. The number of hydrogen-bond donors (Lipinski definition) is 1. The van der Waals surface area contributed by atoms with Crippen LogP contribution in [0.3, 0.4) is 0 Å². The Morgan fingerprint density at radius 3 is 2.50 bits per heavy atom. The Balaban J connectivity index is 1.65. The Morgan fingerprint density at radius 2 is 1.72 bits per heavy atom. The number of thioether (sulfide) groups is 1. The first-order valence-corrected chi connectivity index (χ1v) is 11.3. The van der Waals surface area contributed by atoms with Crippen molar-refractivity contribution in [2.45, 2.75) is 30.3 Å². The number of fused-ring (bicyclic) bond motifs is 2. The second kappa shape index (κ2) is 9.54. The van der Waals surface area contributed by atoms with E-state index >= 15 is 0 Å². The fraction of sp³-hybridized carbons (Fsp3) is 0.240. The van der Waals surface area contributed by atoms with Gasteiger partial charge in [0.15, 0.2) is 5.16 Å². The molecule has 1 N–H and O–H groups in total. The van der Waals surface area contributed by atoms with Crippen molar-refractivity contribution in [3.63, 3.8) is 0 Å². The predicted molar refractivity (Wildman–Crippen MR) is 130 cm³/mol. The molecule has 0 saturated carbocycles. The molecule has 0 saturated heterocycles. The van der Waals surface area contributed by atoms with E-state index in [0.717, 1.165) is 16.5 Å². The van der Waals surface area contributed by atoms with Gasteiger partial charge in [0, 0.05) is 18.2 Å². The first kappa shape index (κ1) is 22.0. The van der Waals surface area contributed by atoms with Crippen molar-refractivity contribution in [1.82, 2.24) is 9.55 Å². The lowest BCUT2D eigenvalue weighted by Gasteiger charge is -2.20. The molecule has 0 unspecified atom stereocenters. The number of methoxy groups -OCH3 is 1. The Hall–Kier alpha value is -3.16. The summed E-state index contributed by atoms with van der Waals surface area (Å²) < 4.78 is 6.90. The van der Waals surface area contributed by atoms with Crippen LogP contribution in [0.5, 0.6) is 0 Å². The monoisotopic (exact) mass is 447 g/mol. The summed E-state index contributed by atoms with van der Waals surface area (Å²) in [5.41, 5.74) is 1.24. The normalized spacial score (nSPS) is 13.2. The smallest absolute Gasteiger partial charge is 0.262 e. The van der Waals surface area contributed by atoms with Crippen LogP contribution in [0.15, 0.2) is 76.7 Å². The fourth-order valence-corrected chi connectivity index (χ4v) is 4.70. The van der Waals surface area contributed by atoms with Crippen LogP contribution >= 0.6 is 11.8 Å². The van der Waals surface area contributed by atoms with Gasteiger partial charge in [-0.2, -0.15) is 0 Å². The predicted octanol–water partition coefficient (Wildman–Crippen LogP) is 4.88. The van der Waals surface area contributed by atoms with E-state index in [1.54, 1.807) is 17.7 Å². The lowest BCUT2D eigenvalue weighted by atomic mass is 10.1. The highest BCUT2D eigenvalue weighted by Gasteiger charge is 2.22. The molecule has 164 valence electrons. The van der Waals surface area contributed by atoms with Crippen molar-refractivity contribution in [3.8, 4) is 0 Å². The highest BCUT2D eigenvalue weighted by atomic mass is 32.2. The van der Waals surface area contributed by atoms with E-state index in [1.165, 1.54) is 11.8 Å². The summed E-state index contributed by atoms with van der Waals surface area (Å²) in [6.07, 6.45) is 0. The first-order valence-electron chi connectivity index (χ1n) is 10.4. The Kier molecular flexibility index (Phi) is 6.58. The summed E-state index contributed by atoms with van der Waals surface area (Å²) in [4.78, 5) is 31.0. The second-order valence-electron chi connectivity index (χ2n) is 7.67. The summed E-state index contributed by atoms with van der Waals surface area (Å²) >= 11 is 1.27. The summed E-state index contributed by atoms with van der Waals surface area (Å²) in [7, 11) is 1.60. The first-order chi connectivity index (χ1) is 15.5. The Morgan fingerprint density at radius 1 is 1.03 bits per heavy atom. The number of anilines is 1. The van der Waals surface area contributed by atoms with Gasteiger partial charge >= 0.3 is 0 Å². The third kappa shape index (κ3) is 4.40. The molecule has 0 aliphatic carbocycles. The third-order valence-electron chi connectivity index (χ3n) is 5.32. The molecule has 1 amide bonds. The van der Waals surface area contributed by atoms with Crippen LogP contribution in [-0.2, 0) is 9.53 Å². The lowest BCUT2D eigenvalue weighted by Crippen LogP contribution is -2.30. The van der Waals surface area contributed by atoms with Crippen LogP contribution in [0.25, 0.3) is 21.7 Å². The molecule has 6 nitrogen and oxygen atoms in total. The number of amides is 1. The average molecular weight is 448 g/mol. The van der Waals surface area contributed by atoms with Crippen molar-refractivity contribution in [1.29, 1.82) is 0 Å². The molecule has 0 spiro atoms. The zero-order valence-corrected chi connectivity index (χ0v) is 19.1. The van der Waals surface area contributed by atoms with Crippen molar-refractivity contribution in [3.05, 3.63) is 77.1 Å². The van der Waals surface area contributed by atoms with Crippen LogP contribution in [0.1, 0.15) is 19.9 Å². The molecule has 7 heteroatoms. The maximum absolute atomic E-state index is 13.2. The number of carbonyl (C=O) groups excluding carboxylic acids is 1. The molecule has 0 fully saturated rings. The molecule has 4 rings (SSSR count). The number of benzene rings is 3. The topological polar surface area (TPSA) is 73.2 Å². The van der Waals surface area contributed by atoms with Gasteiger partial charge in [-0.1, -0.05) is 60.3 Å². The second-order valence-corrected chi connectivity index (χ2v) is 8.98. The van der Waals surface area contributed by atoms with Gasteiger partial charge < -0.3 is 10.1 Å². The van der Waals surface area contributed by atoms with Crippen LogP contribution in [-0.4, -0.2) is 34.4 Å². The number of aromatic nitrogens is 2. The molecule has 0 aliphatic heterocycles. The van der Waals surface area contributed by atoms with E-state index in [9.17, 15) is 9.59 Å². The number of nitrogens with one attached hydrogen (secondary N) is 1. The van der Waals surface area contributed by atoms with Gasteiger partial charge in [-0.15, -0.1) is 0 Å². The van der Waals surface area contributed by atoms with Gasteiger partial charge in [-0.25, -0.2) is 4.98 Å². The standard InChI is InChI=1S/C25H25N3O3S/c1-16(15-31-3)28-24(30)20-12-6-7-13-22(20)27-25(28)32-17(2)23(29)26-21-14-8-10-18-9-4-5-11-19(18)21/h4-14,16-17H,15H2,1-3H3,(H,26,29)/t16-,17+/m0/s1. The van der Waals surface area contributed by atoms with E-state index in [2.05, 4.69) is 5.32 Å². The van der Waals surface area contributed by atoms with Crippen LogP contribution < -0.4 is 10.9 Å². The number of rotatable bonds is 7. The SMILES string of the molecule is COC[C@H](C)n1c(S[C@H](C)C(=O)Nc2cccc3ccccc23)nc2ccccc2c1=O. The van der Waals surface area contributed by atoms with Crippen molar-refractivity contribution >= 4 is 45.0 Å². The molecule has 3 aromatic carbocycles. The molecular weight excluding hydrogens is 422 g/mol. The van der Waals surface area contributed by atoms with Gasteiger partial charge in [0.05, 0.1) is 28.8 Å². The number of carbonyl (C=O) groups is 1. The molecule has 1 heterocycles. The molecule has 1 aromatic heterocycles. The van der Waals surface area contributed by atoms with E-state index in [1.807, 2.05) is 74.5 Å².